The molecule has 0 fully saturated rings. The standard InChI is InChI=1S/C15H18N2OS/c1-12-4-2-5-13(10-12)17(15(18)7-8-16)11-14-6-3-9-19-14/h2-6,9-10H,7-8,11,16H2,1H3. The highest BCUT2D eigenvalue weighted by molar-refractivity contribution is 7.09. The lowest BCUT2D eigenvalue weighted by atomic mass is 10.2. The molecule has 100 valence electrons. The maximum absolute atomic E-state index is 12.2. The van der Waals surface area contributed by atoms with Gasteiger partial charge < -0.3 is 10.6 Å². The molecule has 0 saturated heterocycles. The van der Waals surface area contributed by atoms with Crippen molar-refractivity contribution in [2.24, 2.45) is 5.73 Å². The first kappa shape index (κ1) is 13.8. The smallest absolute Gasteiger partial charge is 0.228 e. The quantitative estimate of drug-likeness (QED) is 0.911. The molecule has 0 unspecified atom stereocenters. The lowest BCUT2D eigenvalue weighted by Crippen LogP contribution is -2.31. The van der Waals surface area contributed by atoms with Gasteiger partial charge in [-0.3, -0.25) is 4.79 Å². The minimum absolute atomic E-state index is 0.0708. The number of hydrogen-bond donors (Lipinski definition) is 1. The Balaban J connectivity index is 2.25. The van der Waals surface area contributed by atoms with E-state index in [2.05, 4.69) is 0 Å². The molecule has 4 heteroatoms. The van der Waals surface area contributed by atoms with Gasteiger partial charge in [0.1, 0.15) is 0 Å². The molecule has 19 heavy (non-hydrogen) atoms. The average Bonchev–Trinajstić information content (AvgIpc) is 2.89. The van der Waals surface area contributed by atoms with Gasteiger partial charge in [-0.05, 0) is 36.1 Å². The summed E-state index contributed by atoms with van der Waals surface area (Å²) >= 11 is 1.66. The van der Waals surface area contributed by atoms with E-state index in [0.717, 1.165) is 11.3 Å². The normalized spacial score (nSPS) is 10.4. The summed E-state index contributed by atoms with van der Waals surface area (Å²) in [4.78, 5) is 15.2. The van der Waals surface area contributed by atoms with Crippen LogP contribution in [0.4, 0.5) is 5.69 Å². The number of thiophene rings is 1. The Kier molecular flexibility index (Phi) is 4.71. The molecule has 0 atom stereocenters. The number of amides is 1. The van der Waals surface area contributed by atoms with Crippen molar-refractivity contribution in [3.05, 3.63) is 52.2 Å². The molecule has 3 nitrogen and oxygen atoms in total. The molecule has 2 aromatic rings. The Hall–Kier alpha value is -1.65. The Morgan fingerprint density at radius 2 is 2.16 bits per heavy atom. The van der Waals surface area contributed by atoms with E-state index in [1.54, 1.807) is 11.3 Å². The zero-order valence-electron chi connectivity index (χ0n) is 11.0. The SMILES string of the molecule is Cc1cccc(N(Cc2cccs2)C(=O)CCN)c1. The van der Waals surface area contributed by atoms with Crippen molar-refractivity contribution in [3.63, 3.8) is 0 Å². The van der Waals surface area contributed by atoms with Crippen LogP contribution in [0.3, 0.4) is 0 Å². The van der Waals surface area contributed by atoms with Crippen LogP contribution < -0.4 is 10.6 Å². The van der Waals surface area contributed by atoms with Crippen molar-refractivity contribution < 1.29 is 4.79 Å². The number of nitrogens with two attached hydrogens (primary N) is 1. The minimum Gasteiger partial charge on any atom is -0.330 e. The molecule has 0 aliphatic carbocycles. The molecule has 1 aromatic carbocycles. The first-order chi connectivity index (χ1) is 9.20. The fourth-order valence-electron chi connectivity index (χ4n) is 1.94. The number of carbonyl (C=O) groups is 1. The molecular formula is C15H18N2OS. The number of carbonyl (C=O) groups excluding carboxylic acids is 1. The van der Waals surface area contributed by atoms with Crippen LogP contribution in [-0.2, 0) is 11.3 Å². The maximum Gasteiger partial charge on any atom is 0.228 e. The van der Waals surface area contributed by atoms with Crippen LogP contribution in [0, 0.1) is 6.92 Å². The third-order valence-corrected chi connectivity index (χ3v) is 3.73. The lowest BCUT2D eigenvalue weighted by molar-refractivity contribution is -0.118. The van der Waals surface area contributed by atoms with E-state index in [0.29, 0.717) is 19.5 Å². The summed E-state index contributed by atoms with van der Waals surface area (Å²) in [5.74, 6) is 0.0708. The number of nitrogens with zero attached hydrogens (tertiary/aromatic N) is 1. The fourth-order valence-corrected chi connectivity index (χ4v) is 2.63. The van der Waals surface area contributed by atoms with E-state index in [9.17, 15) is 4.79 Å². The Morgan fingerprint density at radius 3 is 2.79 bits per heavy atom. The van der Waals surface area contributed by atoms with Crippen LogP contribution in [0.1, 0.15) is 16.9 Å². The molecule has 0 aliphatic rings. The highest BCUT2D eigenvalue weighted by atomic mass is 32.1. The van der Waals surface area contributed by atoms with Crippen LogP contribution in [0.5, 0.6) is 0 Å². The number of rotatable bonds is 5. The van der Waals surface area contributed by atoms with Gasteiger partial charge in [-0.25, -0.2) is 0 Å². The van der Waals surface area contributed by atoms with Crippen LogP contribution in [0.15, 0.2) is 41.8 Å². The highest BCUT2D eigenvalue weighted by Gasteiger charge is 2.15. The van der Waals surface area contributed by atoms with Crippen LogP contribution >= 0.6 is 11.3 Å². The second kappa shape index (κ2) is 6.50. The Morgan fingerprint density at radius 1 is 1.32 bits per heavy atom. The molecule has 1 heterocycles. The van der Waals surface area contributed by atoms with Crippen molar-refractivity contribution in [3.8, 4) is 0 Å². The maximum atomic E-state index is 12.2. The van der Waals surface area contributed by atoms with Crippen molar-refractivity contribution in [1.29, 1.82) is 0 Å². The van der Waals surface area contributed by atoms with Gasteiger partial charge in [0.05, 0.1) is 6.54 Å². The molecular weight excluding hydrogens is 256 g/mol. The molecule has 1 amide bonds. The summed E-state index contributed by atoms with van der Waals surface area (Å²) in [5, 5.41) is 2.02. The molecule has 1 aromatic heterocycles. The minimum atomic E-state index is 0.0708. The highest BCUT2D eigenvalue weighted by Crippen LogP contribution is 2.21. The predicted octanol–water partition coefficient (Wildman–Crippen LogP) is 2.94. The largest absolute Gasteiger partial charge is 0.330 e. The van der Waals surface area contributed by atoms with Crippen LogP contribution in [-0.4, -0.2) is 12.5 Å². The summed E-state index contributed by atoms with van der Waals surface area (Å²) < 4.78 is 0. The van der Waals surface area contributed by atoms with E-state index in [1.807, 2.05) is 53.6 Å². The molecule has 0 spiro atoms. The summed E-state index contributed by atoms with van der Waals surface area (Å²) in [5.41, 5.74) is 7.59. The number of benzene rings is 1. The second-order valence-electron chi connectivity index (χ2n) is 4.44. The average molecular weight is 274 g/mol. The first-order valence-electron chi connectivity index (χ1n) is 6.30. The van der Waals surface area contributed by atoms with Gasteiger partial charge in [0.2, 0.25) is 5.91 Å². The first-order valence-corrected chi connectivity index (χ1v) is 7.18. The monoisotopic (exact) mass is 274 g/mol. The van der Waals surface area contributed by atoms with E-state index in [-0.39, 0.29) is 5.91 Å². The molecule has 0 saturated carbocycles. The van der Waals surface area contributed by atoms with Gasteiger partial charge >= 0.3 is 0 Å². The van der Waals surface area contributed by atoms with E-state index in [1.165, 1.54) is 4.88 Å². The fraction of sp³-hybridized carbons (Fsp3) is 0.267. The van der Waals surface area contributed by atoms with Crippen molar-refractivity contribution in [2.75, 3.05) is 11.4 Å². The van der Waals surface area contributed by atoms with Gasteiger partial charge in [0.15, 0.2) is 0 Å². The third-order valence-electron chi connectivity index (χ3n) is 2.87. The second-order valence-corrected chi connectivity index (χ2v) is 5.47. The van der Waals surface area contributed by atoms with Gasteiger partial charge in [-0.2, -0.15) is 0 Å². The lowest BCUT2D eigenvalue weighted by Gasteiger charge is -2.22. The van der Waals surface area contributed by atoms with Gasteiger partial charge in [0.25, 0.3) is 0 Å². The van der Waals surface area contributed by atoms with Crippen molar-refractivity contribution in [2.45, 2.75) is 19.9 Å². The predicted molar refractivity (Wildman–Crippen MR) is 80.4 cm³/mol. The summed E-state index contributed by atoms with van der Waals surface area (Å²) in [6, 6.07) is 12.0. The summed E-state index contributed by atoms with van der Waals surface area (Å²) in [6.45, 7) is 3.02. The van der Waals surface area contributed by atoms with Crippen molar-refractivity contribution >= 4 is 22.9 Å². The van der Waals surface area contributed by atoms with Crippen LogP contribution in [0.25, 0.3) is 0 Å². The van der Waals surface area contributed by atoms with Gasteiger partial charge in [0, 0.05) is 23.5 Å². The zero-order valence-corrected chi connectivity index (χ0v) is 11.8. The molecule has 0 aliphatic heterocycles. The number of aryl methyl sites for hydroxylation is 1. The van der Waals surface area contributed by atoms with Gasteiger partial charge in [-0.1, -0.05) is 18.2 Å². The van der Waals surface area contributed by atoms with Crippen molar-refractivity contribution in [1.82, 2.24) is 0 Å². The Labute approximate surface area is 117 Å². The Bertz CT molecular complexity index is 537. The number of hydrogen-bond acceptors (Lipinski definition) is 3. The third kappa shape index (κ3) is 3.66. The van der Waals surface area contributed by atoms with E-state index < -0.39 is 0 Å². The summed E-state index contributed by atoms with van der Waals surface area (Å²) in [7, 11) is 0. The summed E-state index contributed by atoms with van der Waals surface area (Å²) in [6.07, 6.45) is 0.374. The topological polar surface area (TPSA) is 46.3 Å². The van der Waals surface area contributed by atoms with E-state index >= 15 is 0 Å². The van der Waals surface area contributed by atoms with E-state index in [4.69, 9.17) is 5.73 Å². The molecule has 0 bridgehead atoms. The number of anilines is 1. The molecule has 0 radical (unpaired) electrons. The van der Waals surface area contributed by atoms with Gasteiger partial charge in [-0.15, -0.1) is 11.3 Å². The zero-order chi connectivity index (χ0) is 13.7. The molecule has 2 N–H and O–H groups in total. The molecule has 2 rings (SSSR count). The van der Waals surface area contributed by atoms with Crippen LogP contribution in [0.2, 0.25) is 0 Å².